The first-order valence-electron chi connectivity index (χ1n) is 6.51. The second-order valence-electron chi connectivity index (χ2n) is 5.20. The van der Waals surface area contributed by atoms with Crippen molar-refractivity contribution in [2.45, 2.75) is 44.4 Å². The number of nitrogen functional groups attached to an aromatic ring is 1. The predicted octanol–water partition coefficient (Wildman–Crippen LogP) is 4.39. The molecule has 2 N–H and O–H groups in total. The van der Waals surface area contributed by atoms with Crippen LogP contribution in [0.3, 0.4) is 0 Å². The van der Waals surface area contributed by atoms with Gasteiger partial charge in [0.2, 0.25) is 5.89 Å². The van der Waals surface area contributed by atoms with Gasteiger partial charge >= 0.3 is 0 Å². The molecule has 18 heavy (non-hydrogen) atoms. The van der Waals surface area contributed by atoms with E-state index in [1.807, 2.05) is 12.1 Å². The van der Waals surface area contributed by atoms with E-state index in [-0.39, 0.29) is 5.41 Å². The van der Waals surface area contributed by atoms with Crippen LogP contribution < -0.4 is 5.73 Å². The van der Waals surface area contributed by atoms with Crippen LogP contribution in [0.5, 0.6) is 0 Å². The van der Waals surface area contributed by atoms with Gasteiger partial charge in [-0.25, -0.2) is 4.98 Å². The molecule has 1 aromatic carbocycles. The van der Waals surface area contributed by atoms with E-state index in [4.69, 9.17) is 10.2 Å². The molecular formula is C14H17BrN2O. The van der Waals surface area contributed by atoms with Crippen molar-refractivity contribution >= 4 is 32.7 Å². The van der Waals surface area contributed by atoms with Crippen molar-refractivity contribution < 1.29 is 4.42 Å². The molecule has 0 unspecified atom stereocenters. The number of hydrogen-bond acceptors (Lipinski definition) is 3. The van der Waals surface area contributed by atoms with Crippen molar-refractivity contribution in [3.8, 4) is 0 Å². The Labute approximate surface area is 115 Å². The average Bonchev–Trinajstić information content (AvgIpc) is 2.94. The summed E-state index contributed by atoms with van der Waals surface area (Å²) in [6.07, 6.45) is 5.98. The van der Waals surface area contributed by atoms with Crippen LogP contribution in [0.4, 0.5) is 5.69 Å². The SMILES string of the molecule is CCC1(c2nc3cc(Br)cc(N)c3o2)CCCC1. The second kappa shape index (κ2) is 4.26. The van der Waals surface area contributed by atoms with Crippen molar-refractivity contribution in [3.63, 3.8) is 0 Å². The lowest BCUT2D eigenvalue weighted by molar-refractivity contribution is 0.326. The molecule has 1 aromatic heterocycles. The minimum absolute atomic E-state index is 0.137. The van der Waals surface area contributed by atoms with Gasteiger partial charge in [0.05, 0.1) is 5.69 Å². The largest absolute Gasteiger partial charge is 0.438 e. The summed E-state index contributed by atoms with van der Waals surface area (Å²) in [4.78, 5) is 4.68. The van der Waals surface area contributed by atoms with E-state index in [1.54, 1.807) is 0 Å². The fourth-order valence-electron chi connectivity index (χ4n) is 3.02. The molecular weight excluding hydrogens is 292 g/mol. The quantitative estimate of drug-likeness (QED) is 0.837. The van der Waals surface area contributed by atoms with E-state index >= 15 is 0 Å². The van der Waals surface area contributed by atoms with E-state index in [0.717, 1.165) is 27.9 Å². The lowest BCUT2D eigenvalue weighted by Crippen LogP contribution is -2.20. The molecule has 3 nitrogen and oxygen atoms in total. The van der Waals surface area contributed by atoms with Crippen molar-refractivity contribution in [2.75, 3.05) is 5.73 Å². The van der Waals surface area contributed by atoms with Crippen molar-refractivity contribution in [2.24, 2.45) is 0 Å². The van der Waals surface area contributed by atoms with Gasteiger partial charge in [-0.15, -0.1) is 0 Å². The summed E-state index contributed by atoms with van der Waals surface area (Å²) in [7, 11) is 0. The minimum Gasteiger partial charge on any atom is -0.438 e. The maximum Gasteiger partial charge on any atom is 0.201 e. The molecule has 0 bridgehead atoms. The third-order valence-corrected chi connectivity index (χ3v) is 4.63. The zero-order chi connectivity index (χ0) is 12.8. The number of benzene rings is 1. The van der Waals surface area contributed by atoms with Gasteiger partial charge in [-0.3, -0.25) is 0 Å². The Kier molecular flexibility index (Phi) is 2.85. The number of rotatable bonds is 2. The third-order valence-electron chi connectivity index (χ3n) is 4.17. The first-order chi connectivity index (χ1) is 8.64. The fraction of sp³-hybridized carbons (Fsp3) is 0.500. The van der Waals surface area contributed by atoms with Crippen molar-refractivity contribution in [1.29, 1.82) is 0 Å². The molecule has 0 spiro atoms. The third kappa shape index (κ3) is 1.74. The maximum absolute atomic E-state index is 5.99. The summed E-state index contributed by atoms with van der Waals surface area (Å²) in [6.45, 7) is 2.22. The lowest BCUT2D eigenvalue weighted by atomic mass is 9.83. The summed E-state index contributed by atoms with van der Waals surface area (Å²) in [5.41, 5.74) is 8.37. The minimum atomic E-state index is 0.137. The standard InChI is InChI=1S/C14H17BrN2O/c1-2-14(5-3-4-6-14)13-17-11-8-9(15)7-10(16)12(11)18-13/h7-8H,2-6,16H2,1H3. The molecule has 3 rings (SSSR count). The number of hydrogen-bond donors (Lipinski definition) is 1. The van der Waals surface area contributed by atoms with Gasteiger partial charge in [0.15, 0.2) is 5.58 Å². The zero-order valence-corrected chi connectivity index (χ0v) is 12.1. The van der Waals surface area contributed by atoms with E-state index in [2.05, 4.69) is 27.8 Å². The van der Waals surface area contributed by atoms with Gasteiger partial charge in [-0.1, -0.05) is 35.7 Å². The van der Waals surface area contributed by atoms with Gasteiger partial charge in [0, 0.05) is 9.89 Å². The Morgan fingerprint density at radius 2 is 2.11 bits per heavy atom. The summed E-state index contributed by atoms with van der Waals surface area (Å²) in [5, 5.41) is 0. The topological polar surface area (TPSA) is 52.0 Å². The van der Waals surface area contributed by atoms with Crippen LogP contribution in [0.1, 0.15) is 44.9 Å². The highest BCUT2D eigenvalue weighted by atomic mass is 79.9. The van der Waals surface area contributed by atoms with Gasteiger partial charge in [0.1, 0.15) is 5.52 Å². The number of nitrogens with zero attached hydrogens (tertiary/aromatic N) is 1. The predicted molar refractivity (Wildman–Crippen MR) is 76.6 cm³/mol. The number of nitrogens with two attached hydrogens (primary N) is 1. The molecule has 0 aliphatic heterocycles. The van der Waals surface area contributed by atoms with Crippen LogP contribution in [0.15, 0.2) is 21.0 Å². The first kappa shape index (κ1) is 12.0. The number of fused-ring (bicyclic) bond motifs is 1. The Morgan fingerprint density at radius 1 is 1.39 bits per heavy atom. The van der Waals surface area contributed by atoms with Crippen molar-refractivity contribution in [1.82, 2.24) is 4.98 Å². The second-order valence-corrected chi connectivity index (χ2v) is 6.12. The van der Waals surface area contributed by atoms with Crippen LogP contribution in [0.2, 0.25) is 0 Å². The number of anilines is 1. The lowest BCUT2D eigenvalue weighted by Gasteiger charge is -2.22. The molecule has 96 valence electrons. The molecule has 0 radical (unpaired) electrons. The van der Waals surface area contributed by atoms with E-state index < -0.39 is 0 Å². The maximum atomic E-state index is 5.99. The first-order valence-corrected chi connectivity index (χ1v) is 7.30. The summed E-state index contributed by atoms with van der Waals surface area (Å²) >= 11 is 3.44. The van der Waals surface area contributed by atoms with E-state index in [0.29, 0.717) is 5.69 Å². The normalized spacial score (nSPS) is 18.6. The highest BCUT2D eigenvalue weighted by Crippen LogP contribution is 2.44. The molecule has 1 aliphatic carbocycles. The number of aromatic nitrogens is 1. The molecule has 4 heteroatoms. The Morgan fingerprint density at radius 3 is 2.78 bits per heavy atom. The molecule has 1 fully saturated rings. The van der Waals surface area contributed by atoms with Crippen LogP contribution >= 0.6 is 15.9 Å². The average molecular weight is 309 g/mol. The van der Waals surface area contributed by atoms with Gasteiger partial charge in [-0.05, 0) is 31.4 Å². The van der Waals surface area contributed by atoms with Crippen LogP contribution in [0.25, 0.3) is 11.1 Å². The van der Waals surface area contributed by atoms with Crippen LogP contribution in [-0.2, 0) is 5.41 Å². The van der Waals surface area contributed by atoms with Crippen LogP contribution in [0, 0.1) is 0 Å². The molecule has 0 atom stereocenters. The summed E-state index contributed by atoms with van der Waals surface area (Å²) < 4.78 is 6.92. The molecule has 1 aliphatic rings. The molecule has 1 heterocycles. The number of oxazole rings is 1. The smallest absolute Gasteiger partial charge is 0.201 e. The highest BCUT2D eigenvalue weighted by molar-refractivity contribution is 9.10. The summed E-state index contributed by atoms with van der Waals surface area (Å²) in [5.74, 6) is 0.877. The summed E-state index contributed by atoms with van der Waals surface area (Å²) in [6, 6.07) is 3.83. The molecule has 2 aromatic rings. The van der Waals surface area contributed by atoms with Crippen molar-refractivity contribution in [3.05, 3.63) is 22.5 Å². The van der Waals surface area contributed by atoms with Crippen LogP contribution in [-0.4, -0.2) is 4.98 Å². The zero-order valence-electron chi connectivity index (χ0n) is 10.5. The molecule has 0 saturated heterocycles. The molecule has 1 saturated carbocycles. The monoisotopic (exact) mass is 308 g/mol. The van der Waals surface area contributed by atoms with Gasteiger partial charge in [-0.2, -0.15) is 0 Å². The van der Waals surface area contributed by atoms with Gasteiger partial charge in [0.25, 0.3) is 0 Å². The highest BCUT2D eigenvalue weighted by Gasteiger charge is 2.38. The Bertz CT molecular complexity index is 585. The van der Waals surface area contributed by atoms with E-state index in [9.17, 15) is 0 Å². The number of halogens is 1. The Hall–Kier alpha value is -1.03. The molecule has 0 amide bonds. The Balaban J connectivity index is 2.16. The fourth-order valence-corrected chi connectivity index (χ4v) is 3.48. The van der Waals surface area contributed by atoms with E-state index in [1.165, 1.54) is 25.7 Å². The van der Waals surface area contributed by atoms with Gasteiger partial charge < -0.3 is 10.2 Å².